The van der Waals surface area contributed by atoms with Gasteiger partial charge in [0.05, 0.1) is 37.3 Å². The molecule has 0 amide bonds. The Labute approximate surface area is 199 Å². The van der Waals surface area contributed by atoms with Crippen molar-refractivity contribution in [2.75, 3.05) is 0 Å². The predicted octanol–water partition coefficient (Wildman–Crippen LogP) is 4.13. The third-order valence-corrected chi connectivity index (χ3v) is 6.84. The zero-order valence-electron chi connectivity index (χ0n) is 17.4. The molecular weight excluding hydrogens is 529 g/mol. The van der Waals surface area contributed by atoms with E-state index in [4.69, 9.17) is 23.2 Å². The smallest absolute Gasteiger partial charge is 0.277 e. The molecule has 0 saturated carbocycles. The molecule has 6 nitrogen and oxygen atoms in total. The topological polar surface area (TPSA) is 78.1 Å². The second-order valence-electron chi connectivity index (χ2n) is 7.91. The summed E-state index contributed by atoms with van der Waals surface area (Å²) in [5, 5.41) is -2.88. The Bertz CT molecular complexity index is 1640. The number of nitrogens with zero attached hydrogens (tertiary/aromatic N) is 2. The van der Waals surface area contributed by atoms with Crippen LogP contribution in [0, 0.1) is 0 Å². The van der Waals surface area contributed by atoms with Gasteiger partial charge in [0.25, 0.3) is 22.2 Å². The molecule has 0 unspecified atom stereocenters. The molecule has 35 heavy (non-hydrogen) atoms. The van der Waals surface area contributed by atoms with E-state index in [-0.39, 0.29) is 12.6 Å². The Balaban J connectivity index is 2.03. The molecule has 2 aromatic carbocycles. The molecule has 0 aliphatic carbocycles. The molecule has 0 N–H and O–H groups in total. The number of fused-ring (bicyclic) bond motifs is 2. The van der Waals surface area contributed by atoms with Crippen LogP contribution in [0.5, 0.6) is 0 Å². The number of halogens is 8. The molecule has 0 fully saturated rings. The van der Waals surface area contributed by atoms with Crippen molar-refractivity contribution in [1.82, 2.24) is 9.13 Å². The van der Waals surface area contributed by atoms with Crippen molar-refractivity contribution in [2.45, 2.75) is 24.7 Å². The molecule has 2 aromatic heterocycles. The zero-order chi connectivity index (χ0) is 26.4. The van der Waals surface area contributed by atoms with Gasteiger partial charge in [-0.3, -0.25) is 23.7 Å². The Morgan fingerprint density at radius 2 is 1.00 bits per heavy atom. The van der Waals surface area contributed by atoms with Crippen LogP contribution >= 0.6 is 23.2 Å². The maximum absolute atomic E-state index is 13.4. The van der Waals surface area contributed by atoms with E-state index in [0.717, 1.165) is 19.2 Å². The lowest BCUT2D eigenvalue weighted by molar-refractivity contribution is -0.297. The minimum absolute atomic E-state index is 0.0316. The van der Waals surface area contributed by atoms with Gasteiger partial charge in [0.15, 0.2) is 5.41 Å². The van der Waals surface area contributed by atoms with Crippen LogP contribution < -0.4 is 22.2 Å². The molecule has 0 bridgehead atoms. The standard InChI is InChI=1S/C21H10Cl2F6N2O4/c1-19(20(24,25)26,21(27,28)29)7-3-5-8(6-4-7)31-17(34)11-12(18(31)35)14(23)10-9(13(11)22)15(32)30(2)16(10)33/h3-6H,1-2H3. The first-order chi connectivity index (χ1) is 16.0. The Kier molecular flexibility index (Phi) is 5.31. The lowest BCUT2D eigenvalue weighted by Gasteiger charge is -2.34. The van der Waals surface area contributed by atoms with Crippen LogP contribution in [-0.4, -0.2) is 21.5 Å². The van der Waals surface area contributed by atoms with Gasteiger partial charge < -0.3 is 0 Å². The number of benzene rings is 2. The summed E-state index contributed by atoms with van der Waals surface area (Å²) >= 11 is 12.4. The molecule has 4 aromatic rings. The van der Waals surface area contributed by atoms with Gasteiger partial charge in [0.1, 0.15) is 0 Å². The average Bonchev–Trinajstić information content (AvgIpc) is 3.15. The third kappa shape index (κ3) is 3.12. The first-order valence-electron chi connectivity index (χ1n) is 9.46. The van der Waals surface area contributed by atoms with Crippen LogP contribution in [0.4, 0.5) is 26.3 Å². The molecule has 2 heterocycles. The second-order valence-corrected chi connectivity index (χ2v) is 8.67. The van der Waals surface area contributed by atoms with Gasteiger partial charge in [-0.15, -0.1) is 0 Å². The van der Waals surface area contributed by atoms with Gasteiger partial charge in [-0.25, -0.2) is 4.57 Å². The molecule has 0 spiro atoms. The average molecular weight is 539 g/mol. The first kappa shape index (κ1) is 25.0. The number of aromatic nitrogens is 2. The summed E-state index contributed by atoms with van der Waals surface area (Å²) in [5.74, 6) is 0. The third-order valence-electron chi connectivity index (χ3n) is 6.09. The largest absolute Gasteiger partial charge is 0.406 e. The molecular formula is C21H10Cl2F6N2O4. The van der Waals surface area contributed by atoms with Crippen LogP contribution in [0.15, 0.2) is 43.4 Å². The van der Waals surface area contributed by atoms with Crippen molar-refractivity contribution in [1.29, 1.82) is 0 Å². The molecule has 0 aliphatic rings. The van der Waals surface area contributed by atoms with E-state index in [9.17, 15) is 45.5 Å². The van der Waals surface area contributed by atoms with Gasteiger partial charge in [0.2, 0.25) is 0 Å². The van der Waals surface area contributed by atoms with E-state index in [2.05, 4.69) is 0 Å². The van der Waals surface area contributed by atoms with Crippen molar-refractivity contribution in [3.05, 3.63) is 81.3 Å². The van der Waals surface area contributed by atoms with Crippen LogP contribution in [0.1, 0.15) is 12.5 Å². The summed E-state index contributed by atoms with van der Waals surface area (Å²) in [5.41, 5.74) is -9.78. The highest BCUT2D eigenvalue weighted by molar-refractivity contribution is 6.47. The number of rotatable bonds is 2. The minimum Gasteiger partial charge on any atom is -0.277 e. The Morgan fingerprint density at radius 3 is 1.34 bits per heavy atom. The van der Waals surface area contributed by atoms with E-state index >= 15 is 0 Å². The van der Waals surface area contributed by atoms with Crippen LogP contribution in [0.25, 0.3) is 27.2 Å². The molecule has 184 valence electrons. The molecule has 14 heteroatoms. The van der Waals surface area contributed by atoms with Crippen molar-refractivity contribution < 1.29 is 26.3 Å². The normalized spacial score (nSPS) is 13.3. The Morgan fingerprint density at radius 1 is 0.657 bits per heavy atom. The van der Waals surface area contributed by atoms with Gasteiger partial charge >= 0.3 is 12.4 Å². The molecule has 0 saturated heterocycles. The molecule has 0 radical (unpaired) electrons. The van der Waals surface area contributed by atoms with Gasteiger partial charge in [-0.1, -0.05) is 35.3 Å². The van der Waals surface area contributed by atoms with E-state index in [1.54, 1.807) is 0 Å². The fourth-order valence-corrected chi connectivity index (χ4v) is 4.60. The summed E-state index contributed by atoms with van der Waals surface area (Å²) in [6.07, 6.45) is -11.4. The summed E-state index contributed by atoms with van der Waals surface area (Å²) in [7, 11) is 1.13. The maximum Gasteiger partial charge on any atom is 0.406 e. The maximum atomic E-state index is 13.4. The SMILES string of the molecule is Cn1c(=O)c2c(Cl)c3c(=O)n(-c4ccc(C(C)(C(F)(F)F)C(F)(F)F)cc4)c(=O)c3c(Cl)c2c1=O. The van der Waals surface area contributed by atoms with E-state index in [1.165, 1.54) is 0 Å². The van der Waals surface area contributed by atoms with Crippen LogP contribution in [0.2, 0.25) is 10.0 Å². The van der Waals surface area contributed by atoms with Crippen molar-refractivity contribution in [3.63, 3.8) is 0 Å². The lowest BCUT2D eigenvalue weighted by atomic mass is 9.81. The highest BCUT2D eigenvalue weighted by Crippen LogP contribution is 2.51. The van der Waals surface area contributed by atoms with E-state index < -0.39 is 77.2 Å². The fourth-order valence-electron chi connectivity index (χ4n) is 3.90. The second kappa shape index (κ2) is 7.44. The van der Waals surface area contributed by atoms with Crippen LogP contribution in [0.3, 0.4) is 0 Å². The molecule has 0 atom stereocenters. The number of hydrogen-bond acceptors (Lipinski definition) is 4. The highest BCUT2D eigenvalue weighted by Gasteiger charge is 2.68. The van der Waals surface area contributed by atoms with Crippen molar-refractivity contribution in [2.24, 2.45) is 7.05 Å². The minimum atomic E-state index is -5.70. The predicted molar refractivity (Wildman–Crippen MR) is 117 cm³/mol. The van der Waals surface area contributed by atoms with Gasteiger partial charge in [0, 0.05) is 7.05 Å². The molecule has 0 aliphatic heterocycles. The summed E-state index contributed by atoms with van der Waals surface area (Å²) in [6, 6.07) is 2.44. The fraction of sp³-hybridized carbons (Fsp3) is 0.238. The van der Waals surface area contributed by atoms with Gasteiger partial charge in [-0.05, 0) is 24.6 Å². The van der Waals surface area contributed by atoms with Crippen LogP contribution in [-0.2, 0) is 12.5 Å². The molecule has 4 rings (SSSR count). The summed E-state index contributed by atoms with van der Waals surface area (Å²) < 4.78 is 81.3. The number of hydrogen-bond donors (Lipinski definition) is 0. The van der Waals surface area contributed by atoms with Crippen molar-refractivity contribution in [3.8, 4) is 5.69 Å². The van der Waals surface area contributed by atoms with Crippen molar-refractivity contribution >= 4 is 44.7 Å². The summed E-state index contributed by atoms with van der Waals surface area (Å²) in [6.45, 7) is -0.0316. The number of alkyl halides is 6. The van der Waals surface area contributed by atoms with E-state index in [1.807, 2.05) is 0 Å². The lowest BCUT2D eigenvalue weighted by Crippen LogP contribution is -2.51. The Hall–Kier alpha value is -3.12. The monoisotopic (exact) mass is 538 g/mol. The first-order valence-corrected chi connectivity index (χ1v) is 10.2. The summed E-state index contributed by atoms with van der Waals surface area (Å²) in [4.78, 5) is 50.8. The van der Waals surface area contributed by atoms with Gasteiger partial charge in [-0.2, -0.15) is 26.3 Å². The highest BCUT2D eigenvalue weighted by atomic mass is 35.5. The quantitative estimate of drug-likeness (QED) is 0.359. The zero-order valence-corrected chi connectivity index (χ0v) is 18.9. The van der Waals surface area contributed by atoms with E-state index in [0.29, 0.717) is 21.3 Å².